The van der Waals surface area contributed by atoms with Gasteiger partial charge >= 0.3 is 0 Å². The molecule has 1 amide bonds. The van der Waals surface area contributed by atoms with Gasteiger partial charge in [-0.25, -0.2) is 0 Å². The van der Waals surface area contributed by atoms with Crippen molar-refractivity contribution in [1.29, 1.82) is 0 Å². The van der Waals surface area contributed by atoms with Crippen LogP contribution in [0.2, 0.25) is 0 Å². The smallest absolute Gasteiger partial charge is 0.234 e. The average molecular weight is 304 g/mol. The maximum atomic E-state index is 12.4. The van der Waals surface area contributed by atoms with Crippen LogP contribution in [0.4, 0.5) is 0 Å². The second-order valence-electron chi connectivity index (χ2n) is 6.45. The summed E-state index contributed by atoms with van der Waals surface area (Å²) in [5, 5.41) is 12.4. The number of carbonyl (C=O) groups excluding carboxylic acids is 1. The maximum Gasteiger partial charge on any atom is 0.234 e. The van der Waals surface area contributed by atoms with Gasteiger partial charge in [-0.05, 0) is 38.3 Å². The Morgan fingerprint density at radius 2 is 1.95 bits per heavy atom. The van der Waals surface area contributed by atoms with Crippen LogP contribution >= 0.6 is 0 Å². The summed E-state index contributed by atoms with van der Waals surface area (Å²) in [5.41, 5.74) is 1.20. The fourth-order valence-electron chi connectivity index (χ4n) is 3.17. The number of aliphatic hydroxyl groups is 1. The zero-order chi connectivity index (χ0) is 15.9. The molecule has 2 atom stereocenters. The summed E-state index contributed by atoms with van der Waals surface area (Å²) in [6.07, 6.45) is 4.88. The molecule has 1 aromatic carbocycles. The Morgan fingerprint density at radius 3 is 2.55 bits per heavy atom. The van der Waals surface area contributed by atoms with E-state index in [1.165, 1.54) is 31.2 Å². The Kier molecular flexibility index (Phi) is 6.40. The Balaban J connectivity index is 2.02. The number of hydrogen-bond acceptors (Lipinski definition) is 3. The molecule has 0 saturated heterocycles. The van der Waals surface area contributed by atoms with Gasteiger partial charge in [0.1, 0.15) is 0 Å². The minimum Gasteiger partial charge on any atom is -0.395 e. The lowest BCUT2D eigenvalue weighted by Crippen LogP contribution is -2.43. The number of aliphatic hydroxyl groups excluding tert-OH is 1. The monoisotopic (exact) mass is 304 g/mol. The lowest BCUT2D eigenvalue weighted by atomic mass is 9.91. The average Bonchev–Trinajstić information content (AvgIpc) is 3.06. The van der Waals surface area contributed by atoms with Gasteiger partial charge < -0.3 is 10.4 Å². The lowest BCUT2D eigenvalue weighted by molar-refractivity contribution is -0.123. The van der Waals surface area contributed by atoms with E-state index in [1.54, 1.807) is 0 Å². The Morgan fingerprint density at radius 1 is 1.32 bits per heavy atom. The molecule has 0 aromatic heterocycles. The molecule has 0 spiro atoms. The number of amides is 1. The summed E-state index contributed by atoms with van der Waals surface area (Å²) in [6, 6.07) is 10.4. The molecule has 2 N–H and O–H groups in total. The molecular formula is C18H28N2O2. The molecule has 4 nitrogen and oxygen atoms in total. The molecule has 1 aromatic rings. The molecule has 1 aliphatic rings. The second kappa shape index (κ2) is 8.30. The zero-order valence-electron chi connectivity index (χ0n) is 13.7. The van der Waals surface area contributed by atoms with E-state index in [-0.39, 0.29) is 24.6 Å². The highest BCUT2D eigenvalue weighted by molar-refractivity contribution is 5.78. The molecule has 4 heteroatoms. The minimum absolute atomic E-state index is 0.00703. The van der Waals surface area contributed by atoms with Crippen molar-refractivity contribution in [1.82, 2.24) is 10.2 Å². The molecule has 1 fully saturated rings. The van der Waals surface area contributed by atoms with Gasteiger partial charge in [0, 0.05) is 6.04 Å². The molecule has 2 rings (SSSR count). The van der Waals surface area contributed by atoms with E-state index < -0.39 is 0 Å². The number of likely N-dealkylation sites (N-methyl/N-ethyl adjacent to an activating group) is 1. The number of nitrogens with zero attached hydrogens (tertiary/aromatic N) is 1. The van der Waals surface area contributed by atoms with Crippen LogP contribution in [0.1, 0.15) is 44.2 Å². The van der Waals surface area contributed by atoms with Gasteiger partial charge in [-0.15, -0.1) is 0 Å². The van der Waals surface area contributed by atoms with Crippen molar-refractivity contribution in [3.8, 4) is 0 Å². The largest absolute Gasteiger partial charge is 0.395 e. The molecule has 0 radical (unpaired) electrons. The number of carbonyl (C=O) groups is 1. The van der Waals surface area contributed by atoms with Crippen molar-refractivity contribution in [3.05, 3.63) is 35.9 Å². The van der Waals surface area contributed by atoms with E-state index in [4.69, 9.17) is 0 Å². The summed E-state index contributed by atoms with van der Waals surface area (Å²) in [5.74, 6) is 0.565. The summed E-state index contributed by atoms with van der Waals surface area (Å²) < 4.78 is 0. The first-order chi connectivity index (χ1) is 10.6. The van der Waals surface area contributed by atoms with E-state index in [0.717, 1.165) is 0 Å². The summed E-state index contributed by atoms with van der Waals surface area (Å²) in [4.78, 5) is 14.3. The van der Waals surface area contributed by atoms with Crippen LogP contribution in [0.15, 0.2) is 30.3 Å². The molecular weight excluding hydrogens is 276 g/mol. The second-order valence-corrected chi connectivity index (χ2v) is 6.45. The van der Waals surface area contributed by atoms with E-state index in [2.05, 4.69) is 17.4 Å². The van der Waals surface area contributed by atoms with E-state index in [0.29, 0.717) is 12.5 Å². The van der Waals surface area contributed by atoms with Crippen molar-refractivity contribution < 1.29 is 9.90 Å². The first kappa shape index (κ1) is 17.0. The Bertz CT molecular complexity index is 457. The van der Waals surface area contributed by atoms with Crippen LogP contribution in [-0.4, -0.2) is 42.2 Å². The SMILES string of the molecule is CC(CO)N(C)CC(=O)NC(c1ccccc1)C1CCCC1. The van der Waals surface area contributed by atoms with Gasteiger partial charge in [-0.3, -0.25) is 9.69 Å². The molecule has 0 heterocycles. The molecule has 0 bridgehead atoms. The third kappa shape index (κ3) is 4.55. The highest BCUT2D eigenvalue weighted by atomic mass is 16.3. The van der Waals surface area contributed by atoms with Gasteiger partial charge in [0.05, 0.1) is 19.2 Å². The molecule has 0 aliphatic heterocycles. The zero-order valence-corrected chi connectivity index (χ0v) is 13.7. The Hall–Kier alpha value is -1.39. The number of nitrogens with one attached hydrogen (secondary N) is 1. The van der Waals surface area contributed by atoms with Gasteiger partial charge in [0.25, 0.3) is 0 Å². The van der Waals surface area contributed by atoms with Gasteiger partial charge in [0.15, 0.2) is 0 Å². The van der Waals surface area contributed by atoms with Gasteiger partial charge in [0.2, 0.25) is 5.91 Å². The van der Waals surface area contributed by atoms with Crippen LogP contribution in [0, 0.1) is 5.92 Å². The third-order valence-electron chi connectivity index (χ3n) is 4.76. The van der Waals surface area contributed by atoms with Crippen molar-refractivity contribution >= 4 is 5.91 Å². The van der Waals surface area contributed by atoms with Gasteiger partial charge in [-0.2, -0.15) is 0 Å². The first-order valence-corrected chi connectivity index (χ1v) is 8.27. The topological polar surface area (TPSA) is 52.6 Å². The van der Waals surface area contributed by atoms with Crippen molar-refractivity contribution in [2.24, 2.45) is 5.92 Å². The number of hydrogen-bond donors (Lipinski definition) is 2. The van der Waals surface area contributed by atoms with Crippen LogP contribution in [0.5, 0.6) is 0 Å². The molecule has 22 heavy (non-hydrogen) atoms. The lowest BCUT2D eigenvalue weighted by Gasteiger charge is -2.28. The summed E-state index contributed by atoms with van der Waals surface area (Å²) in [7, 11) is 1.87. The van der Waals surface area contributed by atoms with E-state index in [1.807, 2.05) is 37.1 Å². The van der Waals surface area contributed by atoms with Crippen LogP contribution in [-0.2, 0) is 4.79 Å². The van der Waals surface area contributed by atoms with Crippen molar-refractivity contribution in [3.63, 3.8) is 0 Å². The maximum absolute atomic E-state index is 12.4. The van der Waals surface area contributed by atoms with Crippen LogP contribution in [0.3, 0.4) is 0 Å². The van der Waals surface area contributed by atoms with E-state index >= 15 is 0 Å². The quantitative estimate of drug-likeness (QED) is 0.813. The van der Waals surface area contributed by atoms with Crippen LogP contribution in [0.25, 0.3) is 0 Å². The third-order valence-corrected chi connectivity index (χ3v) is 4.76. The fraction of sp³-hybridized carbons (Fsp3) is 0.611. The fourth-order valence-corrected chi connectivity index (χ4v) is 3.17. The van der Waals surface area contributed by atoms with Crippen LogP contribution < -0.4 is 5.32 Å². The summed E-state index contributed by atoms with van der Waals surface area (Å²) in [6.45, 7) is 2.30. The number of rotatable bonds is 7. The Labute approximate surface area is 133 Å². The highest BCUT2D eigenvalue weighted by Gasteiger charge is 2.28. The van der Waals surface area contributed by atoms with E-state index in [9.17, 15) is 9.90 Å². The standard InChI is InChI=1S/C18H28N2O2/c1-14(13-21)20(2)12-17(22)19-18(16-10-6-7-11-16)15-8-4-3-5-9-15/h3-5,8-9,14,16,18,21H,6-7,10-13H2,1-2H3,(H,19,22). The van der Waals surface area contributed by atoms with Gasteiger partial charge in [-0.1, -0.05) is 43.2 Å². The predicted molar refractivity (Wildman–Crippen MR) is 88.5 cm³/mol. The minimum atomic E-state index is -0.00703. The predicted octanol–water partition coefficient (Wildman–Crippen LogP) is 2.35. The van der Waals surface area contributed by atoms with Crippen molar-refractivity contribution in [2.75, 3.05) is 20.2 Å². The normalized spacial score (nSPS) is 18.4. The molecule has 1 aliphatic carbocycles. The summed E-state index contributed by atoms with van der Waals surface area (Å²) >= 11 is 0. The molecule has 1 saturated carbocycles. The van der Waals surface area contributed by atoms with Crippen molar-refractivity contribution in [2.45, 2.75) is 44.7 Å². The molecule has 2 unspecified atom stereocenters. The highest BCUT2D eigenvalue weighted by Crippen LogP contribution is 2.35. The first-order valence-electron chi connectivity index (χ1n) is 8.27. The molecule has 122 valence electrons. The number of benzene rings is 1.